The molecule has 1 aromatic heterocycles. The van der Waals surface area contributed by atoms with Gasteiger partial charge in [-0.05, 0) is 44.5 Å². The summed E-state index contributed by atoms with van der Waals surface area (Å²) in [5.41, 5.74) is 0.181. The normalized spacial score (nSPS) is 15.5. The van der Waals surface area contributed by atoms with Crippen LogP contribution in [-0.4, -0.2) is 47.8 Å². The topological polar surface area (TPSA) is 89.2 Å². The Morgan fingerprint density at radius 2 is 1.91 bits per heavy atom. The van der Waals surface area contributed by atoms with Gasteiger partial charge in [-0.3, -0.25) is 4.90 Å². The number of hydrogen-bond donors (Lipinski definition) is 0. The fourth-order valence-corrected chi connectivity index (χ4v) is 2.55. The molecule has 23 heavy (non-hydrogen) atoms. The van der Waals surface area contributed by atoms with E-state index in [-0.39, 0.29) is 17.1 Å². The summed E-state index contributed by atoms with van der Waals surface area (Å²) in [6.07, 6.45) is -0.334. The van der Waals surface area contributed by atoms with Gasteiger partial charge in [-0.15, -0.1) is 4.91 Å². The van der Waals surface area contributed by atoms with Crippen LogP contribution in [0, 0.1) is 11.8 Å². The van der Waals surface area contributed by atoms with Crippen LogP contribution in [0.5, 0.6) is 0 Å². The minimum absolute atomic E-state index is 0.194. The van der Waals surface area contributed by atoms with Crippen LogP contribution < -0.4 is 9.88 Å². The average molecular weight is 343 g/mol. The van der Waals surface area contributed by atoms with E-state index in [1.165, 1.54) is 0 Å². The third kappa shape index (κ3) is 4.28. The van der Waals surface area contributed by atoms with E-state index in [4.69, 9.17) is 16.3 Å². The number of nitrogens with zero attached hydrogens (tertiary/aromatic N) is 4. The maximum absolute atomic E-state index is 12.1. The number of carbonyl (C=O) groups excluding carboxylic acids is 1. The van der Waals surface area contributed by atoms with Gasteiger partial charge in [-0.1, -0.05) is 4.98 Å². The van der Waals surface area contributed by atoms with Gasteiger partial charge in [-0.2, -0.15) is 0 Å². The zero-order valence-electron chi connectivity index (χ0n) is 13.7. The number of amides is 1. The lowest BCUT2D eigenvalue weighted by Crippen LogP contribution is -2.51. The van der Waals surface area contributed by atoms with Gasteiger partial charge in [0.2, 0.25) is 5.69 Å². The van der Waals surface area contributed by atoms with E-state index < -0.39 is 5.60 Å². The third-order valence-electron chi connectivity index (χ3n) is 3.39. The number of H-pyrrole nitrogens is 1. The number of nitroso groups, excluding NO2 is 1. The maximum Gasteiger partial charge on any atom is 0.410 e. The number of anilines is 1. The lowest BCUT2D eigenvalue weighted by Gasteiger charge is -2.33. The van der Waals surface area contributed by atoms with Crippen molar-refractivity contribution in [3.8, 4) is 0 Å². The van der Waals surface area contributed by atoms with Gasteiger partial charge in [0, 0.05) is 0 Å². The van der Waals surface area contributed by atoms with Crippen LogP contribution in [0.1, 0.15) is 26.5 Å². The van der Waals surface area contributed by atoms with Crippen molar-refractivity contribution in [1.82, 2.24) is 9.88 Å². The Morgan fingerprint density at radius 3 is 2.43 bits per heavy atom. The molecule has 0 spiro atoms. The van der Waals surface area contributed by atoms with Crippen molar-refractivity contribution in [3.05, 3.63) is 15.9 Å². The molecule has 0 aromatic carbocycles. The summed E-state index contributed by atoms with van der Waals surface area (Å²) in [4.78, 5) is 33.6. The second-order valence-electron chi connectivity index (χ2n) is 6.36. The lowest BCUT2D eigenvalue weighted by atomic mass is 10.2. The van der Waals surface area contributed by atoms with Crippen LogP contribution in [0.3, 0.4) is 0 Å². The van der Waals surface area contributed by atoms with Crippen LogP contribution in [0.2, 0.25) is 5.28 Å². The number of rotatable bonds is 2. The van der Waals surface area contributed by atoms with Gasteiger partial charge in [-0.25, -0.2) is 9.78 Å². The van der Waals surface area contributed by atoms with Crippen molar-refractivity contribution in [2.24, 2.45) is 5.18 Å². The van der Waals surface area contributed by atoms with Gasteiger partial charge in [0.15, 0.2) is 0 Å². The Morgan fingerprint density at radius 1 is 1.30 bits per heavy atom. The number of carbonyl (C=O) groups is 1. The van der Waals surface area contributed by atoms with E-state index in [1.54, 1.807) is 11.8 Å². The Labute approximate surface area is 139 Å². The van der Waals surface area contributed by atoms with Crippen molar-refractivity contribution >= 4 is 29.2 Å². The molecule has 9 heteroatoms. The van der Waals surface area contributed by atoms with Gasteiger partial charge in [0.25, 0.3) is 5.82 Å². The molecule has 1 aromatic rings. The van der Waals surface area contributed by atoms with Crippen LogP contribution in [0.4, 0.5) is 16.3 Å². The van der Waals surface area contributed by atoms with Crippen molar-refractivity contribution in [1.29, 1.82) is 0 Å². The molecule has 1 saturated heterocycles. The van der Waals surface area contributed by atoms with Gasteiger partial charge in [0.1, 0.15) is 11.3 Å². The summed E-state index contributed by atoms with van der Waals surface area (Å²) >= 11 is 5.93. The van der Waals surface area contributed by atoms with Crippen LogP contribution >= 0.6 is 11.6 Å². The molecule has 1 N–H and O–H groups in total. The standard InChI is InChI=1S/C14H20ClN5O3/c1-9-10(18-22)11(17-12(15)16-9)19-5-7-20(8-6-19)13(21)23-14(2,3)4/h5-8H2,1-4H3/p+1. The van der Waals surface area contributed by atoms with E-state index in [1.807, 2.05) is 25.7 Å². The molecule has 1 aliphatic heterocycles. The predicted octanol–water partition coefficient (Wildman–Crippen LogP) is 2.31. The monoisotopic (exact) mass is 342 g/mol. The fraction of sp³-hybridized carbons (Fsp3) is 0.643. The molecule has 8 nitrogen and oxygen atoms in total. The molecular weight excluding hydrogens is 322 g/mol. The Balaban J connectivity index is 2.08. The van der Waals surface area contributed by atoms with E-state index in [2.05, 4.69) is 15.1 Å². The molecule has 1 fully saturated rings. The summed E-state index contributed by atoms with van der Waals surface area (Å²) in [6, 6.07) is 0. The number of ether oxygens (including phenoxy) is 1. The number of halogens is 1. The molecule has 0 bridgehead atoms. The van der Waals surface area contributed by atoms with E-state index in [0.29, 0.717) is 37.7 Å². The first-order valence-electron chi connectivity index (χ1n) is 7.37. The molecule has 0 radical (unpaired) electrons. The molecular formula is C14H21ClN5O3+. The Kier molecular flexibility index (Phi) is 5.03. The highest BCUT2D eigenvalue weighted by Crippen LogP contribution is 2.28. The number of aryl methyl sites for hydroxylation is 1. The number of hydrogen-bond acceptors (Lipinski definition) is 6. The van der Waals surface area contributed by atoms with Gasteiger partial charge in [0.05, 0.1) is 26.2 Å². The first-order chi connectivity index (χ1) is 10.7. The van der Waals surface area contributed by atoms with E-state index >= 15 is 0 Å². The SMILES string of the molecule is Cc1nc(Cl)[nH+]c(N2CCN(C(=O)OC(C)(C)C)CC2)c1N=O. The van der Waals surface area contributed by atoms with Gasteiger partial charge >= 0.3 is 11.4 Å². The fourth-order valence-electron chi connectivity index (χ4n) is 2.33. The van der Waals surface area contributed by atoms with Crippen molar-refractivity contribution < 1.29 is 14.5 Å². The lowest BCUT2D eigenvalue weighted by molar-refractivity contribution is -0.365. The first kappa shape index (κ1) is 17.4. The quantitative estimate of drug-likeness (QED) is 0.607. The number of piperazine rings is 1. The molecule has 1 aliphatic rings. The molecule has 1 amide bonds. The van der Waals surface area contributed by atoms with E-state index in [9.17, 15) is 9.70 Å². The predicted molar refractivity (Wildman–Crippen MR) is 86.0 cm³/mol. The highest BCUT2D eigenvalue weighted by Gasteiger charge is 2.31. The average Bonchev–Trinajstić information content (AvgIpc) is 2.45. The maximum atomic E-state index is 12.1. The highest BCUT2D eigenvalue weighted by atomic mass is 35.5. The van der Waals surface area contributed by atoms with Crippen molar-refractivity contribution in [2.75, 3.05) is 31.1 Å². The van der Waals surface area contributed by atoms with E-state index in [0.717, 1.165) is 0 Å². The Bertz CT molecular complexity index is 609. The van der Waals surface area contributed by atoms with Crippen LogP contribution in [-0.2, 0) is 4.74 Å². The molecule has 2 rings (SSSR count). The zero-order valence-corrected chi connectivity index (χ0v) is 14.5. The molecule has 0 unspecified atom stereocenters. The minimum atomic E-state index is -0.521. The summed E-state index contributed by atoms with van der Waals surface area (Å²) in [7, 11) is 0. The van der Waals surface area contributed by atoms with Crippen molar-refractivity contribution in [3.63, 3.8) is 0 Å². The first-order valence-corrected chi connectivity index (χ1v) is 7.74. The van der Waals surface area contributed by atoms with Crippen LogP contribution in [0.15, 0.2) is 5.18 Å². The molecule has 2 heterocycles. The largest absolute Gasteiger partial charge is 0.444 e. The summed E-state index contributed by atoms with van der Waals surface area (Å²) in [6.45, 7) is 9.23. The number of nitrogens with one attached hydrogen (secondary N) is 1. The second kappa shape index (κ2) is 6.66. The number of aromatic nitrogens is 2. The van der Waals surface area contributed by atoms with Gasteiger partial charge < -0.3 is 9.64 Å². The zero-order chi connectivity index (χ0) is 17.2. The smallest absolute Gasteiger partial charge is 0.410 e. The summed E-state index contributed by atoms with van der Waals surface area (Å²) < 4.78 is 5.36. The second-order valence-corrected chi connectivity index (χ2v) is 6.71. The van der Waals surface area contributed by atoms with Crippen molar-refractivity contribution in [2.45, 2.75) is 33.3 Å². The Hall–Kier alpha value is -1.96. The summed E-state index contributed by atoms with van der Waals surface area (Å²) in [5, 5.41) is 3.23. The molecule has 0 saturated carbocycles. The molecule has 0 atom stereocenters. The summed E-state index contributed by atoms with van der Waals surface area (Å²) in [5.74, 6) is 0.529. The highest BCUT2D eigenvalue weighted by molar-refractivity contribution is 6.27. The van der Waals surface area contributed by atoms with Crippen LogP contribution in [0.25, 0.3) is 0 Å². The number of aromatic amines is 1. The third-order valence-corrected chi connectivity index (χ3v) is 3.57. The molecule has 126 valence electrons. The molecule has 0 aliphatic carbocycles. The minimum Gasteiger partial charge on any atom is -0.444 e.